The molecule has 2 aromatic carbocycles. The molecule has 5 heteroatoms. The van der Waals surface area contributed by atoms with Gasteiger partial charge in [-0.05, 0) is 37.5 Å². The van der Waals surface area contributed by atoms with Crippen LogP contribution in [0.1, 0.15) is 49.0 Å². The van der Waals surface area contributed by atoms with Gasteiger partial charge in [-0.3, -0.25) is 14.4 Å². The number of carbonyl (C=O) groups excluding carboxylic acids is 3. The Hall–Kier alpha value is -2.95. The summed E-state index contributed by atoms with van der Waals surface area (Å²) in [6.07, 6.45) is -0.767. The highest BCUT2D eigenvalue weighted by Gasteiger charge is 2.21. The van der Waals surface area contributed by atoms with Crippen molar-refractivity contribution >= 4 is 23.3 Å². The number of ketones is 1. The minimum atomic E-state index is -0.953. The van der Waals surface area contributed by atoms with E-state index in [2.05, 4.69) is 5.32 Å². The van der Waals surface area contributed by atoms with Gasteiger partial charge < -0.3 is 10.1 Å². The highest BCUT2D eigenvalue weighted by molar-refractivity contribution is 6.04. The normalized spacial score (nSPS) is 12.7. The Morgan fingerprint density at radius 1 is 0.962 bits per heavy atom. The van der Waals surface area contributed by atoms with Crippen molar-refractivity contribution in [2.24, 2.45) is 0 Å². The maximum absolute atomic E-state index is 12.3. The molecule has 0 aliphatic rings. The Balaban J connectivity index is 1.92. The van der Waals surface area contributed by atoms with Crippen LogP contribution in [0.3, 0.4) is 0 Å². The highest BCUT2D eigenvalue weighted by Crippen LogP contribution is 2.20. The fourth-order valence-electron chi connectivity index (χ4n) is 2.58. The lowest BCUT2D eigenvalue weighted by atomic mass is 9.98. The smallest absolute Gasteiger partial charge is 0.307 e. The molecule has 0 aromatic heterocycles. The Morgan fingerprint density at radius 3 is 2.23 bits per heavy atom. The predicted molar refractivity (Wildman–Crippen MR) is 100 cm³/mol. The Labute approximate surface area is 153 Å². The van der Waals surface area contributed by atoms with E-state index in [-0.39, 0.29) is 18.1 Å². The first-order chi connectivity index (χ1) is 12.4. The maximum atomic E-state index is 12.3. The van der Waals surface area contributed by atoms with Crippen LogP contribution in [-0.4, -0.2) is 23.8 Å². The number of hydrogen-bond acceptors (Lipinski definition) is 4. The van der Waals surface area contributed by atoms with E-state index >= 15 is 0 Å². The van der Waals surface area contributed by atoms with Crippen LogP contribution in [0, 0.1) is 0 Å². The van der Waals surface area contributed by atoms with Gasteiger partial charge in [0.05, 0.1) is 12.1 Å². The van der Waals surface area contributed by atoms with Gasteiger partial charge in [-0.2, -0.15) is 0 Å². The summed E-state index contributed by atoms with van der Waals surface area (Å²) in [6, 6.07) is 16.4. The van der Waals surface area contributed by atoms with Gasteiger partial charge in [-0.15, -0.1) is 0 Å². The number of amides is 1. The van der Waals surface area contributed by atoms with Crippen LogP contribution in [0.25, 0.3) is 0 Å². The first-order valence-corrected chi connectivity index (χ1v) is 8.53. The van der Waals surface area contributed by atoms with Crippen LogP contribution in [-0.2, 0) is 14.3 Å². The summed E-state index contributed by atoms with van der Waals surface area (Å²) in [5.74, 6) is -1.07. The lowest BCUT2D eigenvalue weighted by Gasteiger charge is -2.16. The number of Topliss-reactive ketones (excluding diaryl/α,β-unsaturated/α-hetero) is 1. The molecule has 2 rings (SSSR count). The number of benzene rings is 2. The SMILES string of the molecule is CC(=O)c1ccccc1NC(=O)[C@H](C)OC(=O)C[C@H](C)c1ccccc1. The van der Waals surface area contributed by atoms with Crippen molar-refractivity contribution in [3.05, 3.63) is 65.7 Å². The molecule has 0 spiro atoms. The number of carbonyl (C=O) groups is 3. The first kappa shape index (κ1) is 19.4. The molecule has 0 saturated heterocycles. The molecular formula is C21H23NO4. The van der Waals surface area contributed by atoms with E-state index in [1.165, 1.54) is 13.8 Å². The van der Waals surface area contributed by atoms with Crippen LogP contribution in [0.2, 0.25) is 0 Å². The number of hydrogen-bond donors (Lipinski definition) is 1. The second-order valence-corrected chi connectivity index (χ2v) is 6.24. The number of anilines is 1. The summed E-state index contributed by atoms with van der Waals surface area (Å²) in [7, 11) is 0. The second kappa shape index (κ2) is 8.94. The van der Waals surface area contributed by atoms with Crippen molar-refractivity contribution < 1.29 is 19.1 Å². The van der Waals surface area contributed by atoms with E-state index in [0.29, 0.717) is 11.3 Å². The molecule has 0 aliphatic heterocycles. The maximum Gasteiger partial charge on any atom is 0.307 e. The van der Waals surface area contributed by atoms with Gasteiger partial charge in [0.25, 0.3) is 5.91 Å². The lowest BCUT2D eigenvalue weighted by molar-refractivity contribution is -0.153. The van der Waals surface area contributed by atoms with Gasteiger partial charge in [-0.1, -0.05) is 49.4 Å². The Kier molecular flexibility index (Phi) is 6.67. The molecular weight excluding hydrogens is 330 g/mol. The van der Waals surface area contributed by atoms with Crippen LogP contribution in [0.15, 0.2) is 54.6 Å². The van der Waals surface area contributed by atoms with Gasteiger partial charge in [0.1, 0.15) is 0 Å². The molecule has 0 heterocycles. The van der Waals surface area contributed by atoms with Crippen LogP contribution >= 0.6 is 0 Å². The zero-order valence-corrected chi connectivity index (χ0v) is 15.2. The Morgan fingerprint density at radius 2 is 1.58 bits per heavy atom. The third-order valence-corrected chi connectivity index (χ3v) is 4.08. The molecule has 26 heavy (non-hydrogen) atoms. The third kappa shape index (κ3) is 5.28. The molecule has 2 aromatic rings. The summed E-state index contributed by atoms with van der Waals surface area (Å²) in [6.45, 7) is 4.88. The van der Waals surface area contributed by atoms with E-state index in [9.17, 15) is 14.4 Å². The summed E-state index contributed by atoms with van der Waals surface area (Å²) in [5, 5.41) is 2.65. The molecule has 136 valence electrons. The van der Waals surface area contributed by atoms with Gasteiger partial charge in [0.15, 0.2) is 11.9 Å². The van der Waals surface area contributed by atoms with Crippen molar-refractivity contribution in [2.75, 3.05) is 5.32 Å². The van der Waals surface area contributed by atoms with Crippen molar-refractivity contribution in [3.63, 3.8) is 0 Å². The van der Waals surface area contributed by atoms with Crippen LogP contribution in [0.4, 0.5) is 5.69 Å². The number of esters is 1. The molecule has 2 atom stereocenters. The lowest BCUT2D eigenvalue weighted by Crippen LogP contribution is -2.30. The molecule has 0 radical (unpaired) electrons. The van der Waals surface area contributed by atoms with E-state index in [0.717, 1.165) is 5.56 Å². The van der Waals surface area contributed by atoms with Crippen molar-refractivity contribution in [1.29, 1.82) is 0 Å². The third-order valence-electron chi connectivity index (χ3n) is 4.08. The fourth-order valence-corrected chi connectivity index (χ4v) is 2.58. The standard InChI is InChI=1S/C21H23NO4/c1-14(17-9-5-4-6-10-17)13-20(24)26-16(3)21(25)22-19-12-8-7-11-18(19)15(2)23/h4-12,14,16H,13H2,1-3H3,(H,22,25)/t14-,16-/m0/s1. The quantitative estimate of drug-likeness (QED) is 0.604. The van der Waals surface area contributed by atoms with Crippen molar-refractivity contribution in [2.45, 2.75) is 39.2 Å². The summed E-state index contributed by atoms with van der Waals surface area (Å²) < 4.78 is 5.24. The number of nitrogens with one attached hydrogen (secondary N) is 1. The van der Waals surface area contributed by atoms with E-state index in [4.69, 9.17) is 4.74 Å². The van der Waals surface area contributed by atoms with Crippen molar-refractivity contribution in [1.82, 2.24) is 0 Å². The number of rotatable bonds is 7. The molecule has 0 fully saturated rings. The molecule has 0 bridgehead atoms. The fraction of sp³-hybridized carbons (Fsp3) is 0.286. The molecule has 5 nitrogen and oxygen atoms in total. The summed E-state index contributed by atoms with van der Waals surface area (Å²) >= 11 is 0. The van der Waals surface area contributed by atoms with Gasteiger partial charge in [0.2, 0.25) is 0 Å². The Bertz CT molecular complexity index is 786. The topological polar surface area (TPSA) is 72.5 Å². The average Bonchev–Trinajstić information content (AvgIpc) is 2.62. The number of para-hydroxylation sites is 1. The van der Waals surface area contributed by atoms with E-state index in [1.807, 2.05) is 37.3 Å². The van der Waals surface area contributed by atoms with Gasteiger partial charge >= 0.3 is 5.97 Å². The summed E-state index contributed by atoms with van der Waals surface area (Å²) in [4.78, 5) is 36.0. The molecule has 0 saturated carbocycles. The van der Waals surface area contributed by atoms with Crippen LogP contribution in [0.5, 0.6) is 0 Å². The first-order valence-electron chi connectivity index (χ1n) is 8.53. The minimum Gasteiger partial charge on any atom is -0.453 e. The monoisotopic (exact) mass is 353 g/mol. The number of ether oxygens (including phenoxy) is 1. The zero-order chi connectivity index (χ0) is 19.1. The zero-order valence-electron chi connectivity index (χ0n) is 15.2. The van der Waals surface area contributed by atoms with Crippen molar-refractivity contribution in [3.8, 4) is 0 Å². The summed E-state index contributed by atoms with van der Waals surface area (Å²) in [5.41, 5.74) is 1.86. The minimum absolute atomic E-state index is 0.00241. The molecule has 0 unspecified atom stereocenters. The molecule has 0 aliphatic carbocycles. The van der Waals surface area contributed by atoms with E-state index < -0.39 is 18.0 Å². The second-order valence-electron chi connectivity index (χ2n) is 6.24. The van der Waals surface area contributed by atoms with E-state index in [1.54, 1.807) is 24.3 Å². The predicted octanol–water partition coefficient (Wildman–Crippen LogP) is 3.95. The van der Waals surface area contributed by atoms with Gasteiger partial charge in [-0.25, -0.2) is 0 Å². The molecule has 1 amide bonds. The average molecular weight is 353 g/mol. The van der Waals surface area contributed by atoms with Gasteiger partial charge in [0, 0.05) is 5.56 Å². The highest BCUT2D eigenvalue weighted by atomic mass is 16.5. The largest absolute Gasteiger partial charge is 0.453 e. The van der Waals surface area contributed by atoms with Crippen LogP contribution < -0.4 is 5.32 Å². The molecule has 1 N–H and O–H groups in total.